The van der Waals surface area contributed by atoms with Crippen molar-refractivity contribution in [2.24, 2.45) is 5.41 Å². The van der Waals surface area contributed by atoms with Gasteiger partial charge in [0.15, 0.2) is 0 Å². The number of likely N-dealkylation sites (N-methyl/N-ethyl adjacent to an activating group) is 1. The van der Waals surface area contributed by atoms with Gasteiger partial charge in [0.05, 0.1) is 4.92 Å². The van der Waals surface area contributed by atoms with E-state index in [4.69, 9.17) is 11.6 Å². The van der Waals surface area contributed by atoms with E-state index in [1.807, 2.05) is 66.7 Å². The number of nitrogens with one attached hydrogen (secondary N) is 2. The Morgan fingerprint density at radius 1 is 0.855 bits per heavy atom. The second kappa shape index (κ2) is 23.1. The third-order valence-electron chi connectivity index (χ3n) is 12.1. The Kier molecular flexibility index (Phi) is 17.6. The second-order valence-electron chi connectivity index (χ2n) is 17.4. The molecule has 2 aliphatic heterocycles. The number of nitro benzene ring substituents is 1. The molecule has 0 aromatic heterocycles. The Hall–Kier alpha value is -4.04. The van der Waals surface area contributed by atoms with E-state index in [2.05, 4.69) is 76.4 Å². The maximum Gasteiger partial charge on any atom is 0.293 e. The van der Waals surface area contributed by atoms with Crippen molar-refractivity contribution in [3.05, 3.63) is 129 Å². The van der Waals surface area contributed by atoms with E-state index >= 15 is 0 Å². The number of amides is 1. The lowest BCUT2D eigenvalue weighted by atomic mass is 9.73. The van der Waals surface area contributed by atoms with Gasteiger partial charge in [-0.15, -0.1) is 11.8 Å². The van der Waals surface area contributed by atoms with Gasteiger partial charge in [0, 0.05) is 109 Å². The number of benzene rings is 4. The molecule has 0 saturated carbocycles. The second-order valence-corrected chi connectivity index (χ2v) is 19.8. The van der Waals surface area contributed by atoms with Crippen LogP contribution in [0.1, 0.15) is 69.8 Å². The highest BCUT2D eigenvalue weighted by atomic mass is 35.5. The average molecular weight is 899 g/mol. The molecule has 0 unspecified atom stereocenters. The first-order chi connectivity index (χ1) is 29.9. The van der Waals surface area contributed by atoms with Crippen LogP contribution >= 0.6 is 35.3 Å². The molecule has 10 nitrogen and oxygen atoms in total. The van der Waals surface area contributed by atoms with Crippen LogP contribution in [0.3, 0.4) is 0 Å². The molecule has 4 aromatic carbocycles. The average Bonchev–Trinajstić information content (AvgIpc) is 3.28. The molecule has 2 heterocycles. The third-order valence-corrected chi connectivity index (χ3v) is 14.1. The van der Waals surface area contributed by atoms with E-state index in [1.54, 1.807) is 29.5 Å². The van der Waals surface area contributed by atoms with E-state index in [9.17, 15) is 14.9 Å². The zero-order chi connectivity index (χ0) is 44.1. The van der Waals surface area contributed by atoms with Crippen LogP contribution in [0.2, 0.25) is 5.02 Å². The lowest BCUT2D eigenvalue weighted by Gasteiger charge is -2.39. The number of halogens is 1. The van der Waals surface area contributed by atoms with Crippen LogP contribution in [0, 0.1) is 15.5 Å². The molecule has 0 spiro atoms. The minimum absolute atomic E-state index is 0.0234. The number of nitro groups is 1. The molecule has 7 rings (SSSR count). The summed E-state index contributed by atoms with van der Waals surface area (Å²) in [5, 5.41) is 15.8. The van der Waals surface area contributed by atoms with Crippen LogP contribution < -0.4 is 14.9 Å². The Morgan fingerprint density at radius 3 is 2.18 bits per heavy atom. The summed E-state index contributed by atoms with van der Waals surface area (Å²) in [6.07, 6.45) is 3.40. The molecule has 62 heavy (non-hydrogen) atoms. The van der Waals surface area contributed by atoms with Crippen molar-refractivity contribution in [3.63, 3.8) is 0 Å². The molecular weight excluding hydrogens is 834 g/mol. The predicted octanol–water partition coefficient (Wildman–Crippen LogP) is 10.7. The molecule has 1 amide bonds. The molecule has 2 N–H and O–H groups in total. The number of hydrogen-bond acceptors (Lipinski definition) is 10. The first kappa shape index (κ1) is 47.4. The van der Waals surface area contributed by atoms with Gasteiger partial charge in [-0.25, -0.2) is 0 Å². The van der Waals surface area contributed by atoms with E-state index in [1.165, 1.54) is 56.3 Å². The van der Waals surface area contributed by atoms with Crippen LogP contribution in [-0.4, -0.2) is 109 Å². The van der Waals surface area contributed by atoms with Crippen LogP contribution in [0.15, 0.2) is 112 Å². The van der Waals surface area contributed by atoms with Crippen LogP contribution in [0.5, 0.6) is 0 Å². The topological polar surface area (TPSA) is 97.2 Å². The van der Waals surface area contributed by atoms with Gasteiger partial charge in [-0.1, -0.05) is 68.3 Å². The van der Waals surface area contributed by atoms with E-state index in [0.717, 1.165) is 84.9 Å². The van der Waals surface area contributed by atoms with Crippen LogP contribution in [-0.2, 0) is 0 Å². The number of nitrogens with zero attached hydrogens (tertiary/aromatic N) is 5. The van der Waals surface area contributed by atoms with Gasteiger partial charge in [-0.2, -0.15) is 0 Å². The number of thioether (sulfide) groups is 1. The van der Waals surface area contributed by atoms with Gasteiger partial charge in [0.2, 0.25) is 0 Å². The van der Waals surface area contributed by atoms with Gasteiger partial charge in [0.25, 0.3) is 11.6 Å². The number of carbonyl (C=O) groups excluding carboxylic acids is 1. The van der Waals surface area contributed by atoms with E-state index in [-0.39, 0.29) is 11.6 Å². The number of carbonyl (C=O) groups is 1. The molecular formula is C49H64ClN7O3S2. The quantitative estimate of drug-likeness (QED) is 0.0395. The normalized spacial score (nSPS) is 17.4. The maximum atomic E-state index is 13.0. The smallest absolute Gasteiger partial charge is 0.293 e. The molecule has 3 aliphatic rings. The van der Waals surface area contributed by atoms with Crippen molar-refractivity contribution in [1.29, 1.82) is 0 Å². The van der Waals surface area contributed by atoms with Gasteiger partial charge in [-0.3, -0.25) is 29.4 Å². The van der Waals surface area contributed by atoms with Crippen LogP contribution in [0.4, 0.5) is 17.1 Å². The number of hydrogen-bond donors (Lipinski definition) is 2. The summed E-state index contributed by atoms with van der Waals surface area (Å²) in [4.78, 5) is 36.1. The number of piperazine rings is 2. The molecule has 2 saturated heterocycles. The zero-order valence-electron chi connectivity index (χ0n) is 37.1. The molecule has 0 radical (unpaired) electrons. The van der Waals surface area contributed by atoms with Gasteiger partial charge in [0.1, 0.15) is 5.69 Å². The fourth-order valence-electron chi connectivity index (χ4n) is 8.33. The highest BCUT2D eigenvalue weighted by Gasteiger charge is 2.29. The lowest BCUT2D eigenvalue weighted by molar-refractivity contribution is -0.384. The molecule has 13 heteroatoms. The highest BCUT2D eigenvalue weighted by molar-refractivity contribution is 7.99. The lowest BCUT2D eigenvalue weighted by Crippen LogP contribution is -2.48. The van der Waals surface area contributed by atoms with Crippen LogP contribution in [0.25, 0.3) is 5.57 Å². The summed E-state index contributed by atoms with van der Waals surface area (Å²) in [5.41, 5.74) is 6.70. The van der Waals surface area contributed by atoms with Crippen molar-refractivity contribution >= 4 is 63.9 Å². The first-order valence-corrected chi connectivity index (χ1v) is 24.2. The molecule has 0 atom stereocenters. The summed E-state index contributed by atoms with van der Waals surface area (Å²) < 4.78 is 2.84. The Labute approximate surface area is 383 Å². The van der Waals surface area contributed by atoms with Crippen molar-refractivity contribution in [3.8, 4) is 0 Å². The number of allylic oxidation sites excluding steroid dienone is 1. The van der Waals surface area contributed by atoms with E-state index in [0.29, 0.717) is 28.1 Å². The minimum atomic E-state index is -0.399. The van der Waals surface area contributed by atoms with Crippen molar-refractivity contribution in [2.75, 3.05) is 88.0 Å². The number of anilines is 2. The minimum Gasteiger partial charge on any atom is -0.379 e. The summed E-state index contributed by atoms with van der Waals surface area (Å²) in [5.74, 6) is 0.520. The molecule has 332 valence electrons. The largest absolute Gasteiger partial charge is 0.379 e. The van der Waals surface area contributed by atoms with E-state index < -0.39 is 4.92 Å². The predicted molar refractivity (Wildman–Crippen MR) is 262 cm³/mol. The number of rotatable bonds is 15. The van der Waals surface area contributed by atoms with Crippen molar-refractivity contribution in [2.45, 2.75) is 69.7 Å². The Bertz CT molecular complexity index is 2090. The summed E-state index contributed by atoms with van der Waals surface area (Å²) >= 11 is 8.95. The van der Waals surface area contributed by atoms with Gasteiger partial charge >= 0.3 is 0 Å². The molecule has 1 aliphatic carbocycles. The first-order valence-electron chi connectivity index (χ1n) is 22.1. The fraction of sp³-hybridized carbons (Fsp3) is 0.449. The summed E-state index contributed by atoms with van der Waals surface area (Å²) in [6, 6.07) is 31.7. The van der Waals surface area contributed by atoms with Gasteiger partial charge in [-0.05, 0) is 129 Å². The van der Waals surface area contributed by atoms with Crippen molar-refractivity contribution < 1.29 is 9.72 Å². The Balaban J connectivity index is 0.000000508. The SMILES string of the molecule is CC1(C)CCC(c2ccc(Cl)cc2)=C(CN2CCN(c3ccc(C(=O)NSc4ccc(NCCSc5ccccc5)c([N+](=O)[O-])c4)cc3)CC2)C1.CCN1CCN(C(C)C)CC1. The van der Waals surface area contributed by atoms with Crippen molar-refractivity contribution in [1.82, 2.24) is 19.4 Å². The molecule has 2 fully saturated rings. The zero-order valence-corrected chi connectivity index (χ0v) is 39.5. The highest BCUT2D eigenvalue weighted by Crippen LogP contribution is 2.43. The molecule has 0 bridgehead atoms. The third kappa shape index (κ3) is 14.0. The van der Waals surface area contributed by atoms with Gasteiger partial charge < -0.3 is 15.1 Å². The molecule has 4 aromatic rings. The summed E-state index contributed by atoms with van der Waals surface area (Å²) in [6.45, 7) is 23.2. The fourth-order valence-corrected chi connectivity index (χ4v) is 9.88. The summed E-state index contributed by atoms with van der Waals surface area (Å²) in [7, 11) is 0. The maximum absolute atomic E-state index is 13.0. The standard InChI is InChI=1S/C40H44ClN5O3S2.C9H20N2/c1-40(2)19-18-36(29-8-12-32(41)13-9-29)31(27-40)28-44-21-23-45(24-22-44)33-14-10-30(11-15-33)39(47)43-51-35-16-17-37(38(26-35)46(48)49)42-20-25-50-34-6-4-3-5-7-34;1-4-10-5-7-11(8-6-10)9(2)3/h3-17,26,42H,18-25,27-28H2,1-2H3,(H,43,47);9H,4-8H2,1-3H3. The monoisotopic (exact) mass is 897 g/mol. The Morgan fingerprint density at radius 2 is 1.53 bits per heavy atom.